The van der Waals surface area contributed by atoms with Crippen LogP contribution in [0.1, 0.15) is 81.6 Å². The SMILES string of the molecule is CC[C@H]1[C@H](O)[C@H](C)C/C(C)=C/C=C/[C@H](OC)[C@@H]([C@H](C)[C@H](O)[C@H](C)[C@@]2(O)C[C@@H](OC(=O)/C=C/C(=O)O)[C@H](C)[C@@H](C)O2)OC(=O)/C(OC)=C/C(C)=C/[C@H](C)[C@H]1O. The molecule has 0 unspecified atom stereocenters. The van der Waals surface area contributed by atoms with E-state index in [1.165, 1.54) is 20.3 Å². The van der Waals surface area contributed by atoms with E-state index in [1.807, 2.05) is 33.8 Å². The third-order valence-corrected chi connectivity index (χ3v) is 11.1. The largest absolute Gasteiger partial charge is 0.490 e. The van der Waals surface area contributed by atoms with Gasteiger partial charge in [0.15, 0.2) is 5.79 Å². The van der Waals surface area contributed by atoms with Crippen molar-refractivity contribution in [3.05, 3.63) is 59.4 Å². The lowest BCUT2D eigenvalue weighted by Crippen LogP contribution is -2.58. The number of carboxylic acid groups (broad SMARTS) is 1. The Bertz CT molecular complexity index is 1410. The Kier molecular flexibility index (Phi) is 18.3. The molecule has 0 spiro atoms. The van der Waals surface area contributed by atoms with Crippen LogP contribution >= 0.6 is 0 Å². The highest BCUT2D eigenvalue weighted by Gasteiger charge is 2.51. The highest BCUT2D eigenvalue weighted by Crippen LogP contribution is 2.41. The zero-order valence-electron chi connectivity index (χ0n) is 33.7. The molecule has 13 nitrogen and oxygen atoms in total. The normalized spacial score (nSPS) is 38.8. The summed E-state index contributed by atoms with van der Waals surface area (Å²) >= 11 is 0. The molecule has 54 heavy (non-hydrogen) atoms. The van der Waals surface area contributed by atoms with Gasteiger partial charge in [0.2, 0.25) is 5.76 Å². The summed E-state index contributed by atoms with van der Waals surface area (Å²) in [7, 11) is 2.76. The Balaban J connectivity index is 2.56. The molecule has 2 aliphatic heterocycles. The highest BCUT2D eigenvalue weighted by atomic mass is 16.6. The summed E-state index contributed by atoms with van der Waals surface area (Å²) in [6.45, 7) is 16.1. The van der Waals surface area contributed by atoms with Crippen molar-refractivity contribution in [1.82, 2.24) is 0 Å². The number of aliphatic carboxylic acids is 1. The predicted molar refractivity (Wildman–Crippen MR) is 201 cm³/mol. The second-order valence-electron chi connectivity index (χ2n) is 15.2. The molecule has 1 fully saturated rings. The number of carboxylic acids is 1. The van der Waals surface area contributed by atoms with Gasteiger partial charge in [-0.05, 0) is 45.6 Å². The molecular weight excluding hydrogens is 700 g/mol. The molecule has 2 aliphatic rings. The molecule has 0 aromatic heterocycles. The van der Waals surface area contributed by atoms with E-state index in [2.05, 4.69) is 0 Å². The number of cyclic esters (lactones) is 1. The van der Waals surface area contributed by atoms with Crippen molar-refractivity contribution < 1.29 is 63.6 Å². The average Bonchev–Trinajstić information content (AvgIpc) is 3.11. The van der Waals surface area contributed by atoms with Crippen molar-refractivity contribution in [2.45, 2.75) is 130 Å². The van der Waals surface area contributed by atoms with Gasteiger partial charge in [0.1, 0.15) is 18.3 Å². The van der Waals surface area contributed by atoms with Crippen LogP contribution in [0.3, 0.4) is 0 Å². The molecule has 0 bridgehead atoms. The standard InChI is InChI=1S/C41H64O13/c1-12-30-36(45)24(4)18-22(2)14-13-15-31(50-10)39(53-40(48)32(51-11)20-23(3)19-25(5)37(30)46)27(7)38(47)28(8)41(49)21-33(26(6)29(9)54-41)52-35(44)17-16-34(42)43/h13-17,19-20,24-31,33,36-39,45-47,49H,12,18,21H2,1-11H3,(H,42,43)/b15-13+,17-16+,22-14+,23-19+,32-20-/t24-,25+,26-,27-,28+,29-,30+,31+,33-,36-,37-,38+,39-,41-/m1/s1. The van der Waals surface area contributed by atoms with E-state index < -0.39 is 78.3 Å². The summed E-state index contributed by atoms with van der Waals surface area (Å²) in [5, 5.41) is 55.2. The number of esters is 2. The number of ether oxygens (including phenoxy) is 5. The predicted octanol–water partition coefficient (Wildman–Crippen LogP) is 4.64. The maximum Gasteiger partial charge on any atom is 0.373 e. The Morgan fingerprint density at radius 2 is 1.72 bits per heavy atom. The molecule has 14 atom stereocenters. The van der Waals surface area contributed by atoms with Crippen LogP contribution < -0.4 is 0 Å². The van der Waals surface area contributed by atoms with Crippen LogP contribution in [0.15, 0.2) is 59.4 Å². The molecule has 5 N–H and O–H groups in total. The number of allylic oxidation sites excluding steroid dienone is 5. The fourth-order valence-electron chi connectivity index (χ4n) is 7.41. The van der Waals surface area contributed by atoms with E-state index in [0.717, 1.165) is 11.6 Å². The molecule has 0 aromatic carbocycles. The number of hydrogen-bond acceptors (Lipinski definition) is 12. The number of carbonyl (C=O) groups is 3. The molecule has 2 heterocycles. The third kappa shape index (κ3) is 12.6. The zero-order valence-corrected chi connectivity index (χ0v) is 33.7. The molecule has 0 amide bonds. The molecule has 1 saturated heterocycles. The topological polar surface area (TPSA) is 199 Å². The van der Waals surface area contributed by atoms with Gasteiger partial charge in [-0.15, -0.1) is 0 Å². The third-order valence-electron chi connectivity index (χ3n) is 11.1. The van der Waals surface area contributed by atoms with E-state index in [1.54, 1.807) is 52.8 Å². The van der Waals surface area contributed by atoms with Gasteiger partial charge in [-0.1, -0.05) is 77.0 Å². The molecule has 0 saturated carbocycles. The molecule has 0 radical (unpaired) electrons. The van der Waals surface area contributed by atoms with Gasteiger partial charge >= 0.3 is 17.9 Å². The fraction of sp³-hybridized carbons (Fsp3) is 0.683. The van der Waals surface area contributed by atoms with Crippen molar-refractivity contribution in [2.75, 3.05) is 14.2 Å². The lowest BCUT2D eigenvalue weighted by molar-refractivity contribution is -0.319. The molecule has 306 valence electrons. The number of carbonyl (C=O) groups excluding carboxylic acids is 2. The molecule has 0 aromatic rings. The number of rotatable bonds is 10. The molecule has 13 heteroatoms. The van der Waals surface area contributed by atoms with E-state index >= 15 is 0 Å². The maximum absolute atomic E-state index is 13.7. The Labute approximate surface area is 320 Å². The van der Waals surface area contributed by atoms with Crippen LogP contribution in [0.5, 0.6) is 0 Å². The second-order valence-corrected chi connectivity index (χ2v) is 15.2. The van der Waals surface area contributed by atoms with Gasteiger partial charge < -0.3 is 49.2 Å². The van der Waals surface area contributed by atoms with Crippen LogP contribution in [0.4, 0.5) is 0 Å². The lowest BCUT2D eigenvalue weighted by atomic mass is 9.77. The highest BCUT2D eigenvalue weighted by molar-refractivity contribution is 5.90. The first-order chi connectivity index (χ1) is 25.2. The summed E-state index contributed by atoms with van der Waals surface area (Å²) in [5.74, 6) is -8.39. The van der Waals surface area contributed by atoms with Crippen LogP contribution in [0.25, 0.3) is 0 Å². The monoisotopic (exact) mass is 764 g/mol. The zero-order chi connectivity index (χ0) is 41.1. The molecule has 2 rings (SSSR count). The van der Waals surface area contributed by atoms with E-state index in [9.17, 15) is 34.8 Å². The van der Waals surface area contributed by atoms with E-state index in [0.29, 0.717) is 24.5 Å². The summed E-state index contributed by atoms with van der Waals surface area (Å²) in [6, 6.07) is 0. The number of aliphatic hydroxyl groups excluding tert-OH is 3. The van der Waals surface area contributed by atoms with E-state index in [4.69, 9.17) is 28.8 Å². The number of hydrogen-bond donors (Lipinski definition) is 5. The van der Waals surface area contributed by atoms with Gasteiger partial charge in [0.05, 0.1) is 31.5 Å². The van der Waals surface area contributed by atoms with Gasteiger partial charge in [0, 0.05) is 55.3 Å². The van der Waals surface area contributed by atoms with Gasteiger partial charge in [-0.2, -0.15) is 0 Å². The Morgan fingerprint density at radius 1 is 1.07 bits per heavy atom. The van der Waals surface area contributed by atoms with Gasteiger partial charge in [0.25, 0.3) is 0 Å². The summed E-state index contributed by atoms with van der Waals surface area (Å²) < 4.78 is 28.9. The summed E-state index contributed by atoms with van der Waals surface area (Å²) in [6.07, 6.45) is 4.45. The van der Waals surface area contributed by atoms with Crippen molar-refractivity contribution >= 4 is 17.9 Å². The quantitative estimate of drug-likeness (QED) is 0.153. The van der Waals surface area contributed by atoms with Crippen molar-refractivity contribution in [3.63, 3.8) is 0 Å². The minimum atomic E-state index is -2.00. The summed E-state index contributed by atoms with van der Waals surface area (Å²) in [4.78, 5) is 37.0. The van der Waals surface area contributed by atoms with E-state index in [-0.39, 0.29) is 35.9 Å². The number of methoxy groups -OCH3 is 2. The first kappa shape index (κ1) is 46.8. The smallest absolute Gasteiger partial charge is 0.373 e. The molecular formula is C41H64O13. The molecule has 0 aliphatic carbocycles. The Morgan fingerprint density at radius 3 is 2.30 bits per heavy atom. The first-order valence-corrected chi connectivity index (χ1v) is 18.8. The average molecular weight is 765 g/mol. The van der Waals surface area contributed by atoms with Crippen LogP contribution in [0, 0.1) is 35.5 Å². The van der Waals surface area contributed by atoms with Crippen molar-refractivity contribution in [2.24, 2.45) is 35.5 Å². The van der Waals surface area contributed by atoms with Gasteiger partial charge in [-0.25, -0.2) is 14.4 Å². The number of aliphatic hydroxyl groups is 4. The van der Waals surface area contributed by atoms with Crippen LogP contribution in [0.2, 0.25) is 0 Å². The van der Waals surface area contributed by atoms with Crippen molar-refractivity contribution in [3.8, 4) is 0 Å². The fourth-order valence-corrected chi connectivity index (χ4v) is 7.41. The minimum absolute atomic E-state index is 0.139. The van der Waals surface area contributed by atoms with Crippen LogP contribution in [-0.4, -0.2) is 106 Å². The Hall–Kier alpha value is -3.33. The summed E-state index contributed by atoms with van der Waals surface area (Å²) in [5.41, 5.74) is 1.57. The van der Waals surface area contributed by atoms with Crippen LogP contribution in [-0.2, 0) is 38.1 Å². The van der Waals surface area contributed by atoms with Crippen molar-refractivity contribution in [1.29, 1.82) is 0 Å². The lowest BCUT2D eigenvalue weighted by Gasteiger charge is -2.48. The minimum Gasteiger partial charge on any atom is -0.490 e. The second kappa shape index (κ2) is 21.1. The maximum atomic E-state index is 13.7. The van der Waals surface area contributed by atoms with Gasteiger partial charge in [-0.3, -0.25) is 0 Å². The first-order valence-electron chi connectivity index (χ1n) is 18.8.